The number of carbonyl (C=O) groups excluding carboxylic acids is 2. The molecule has 0 spiro atoms. The standard InChI is InChI=1S/C18H19F3N4O2S/c1-2-7-24-8-6-22-16(24)18(20,21)17(27)25-11-28-10-14(25)15(26)23-13-5-3-4-12(19)9-13/h3-6,8-9,14H,2,7,10-11H2,1H3,(H,23,26)/t14-/m1/s1. The molecule has 1 aliphatic heterocycles. The molecule has 0 saturated carbocycles. The van der Waals surface area contributed by atoms with Crippen LogP contribution in [0.4, 0.5) is 18.9 Å². The van der Waals surface area contributed by atoms with Gasteiger partial charge in [0.15, 0.2) is 5.82 Å². The van der Waals surface area contributed by atoms with E-state index in [2.05, 4.69) is 10.3 Å². The molecule has 2 amide bonds. The Morgan fingerprint density at radius 3 is 2.89 bits per heavy atom. The van der Waals surface area contributed by atoms with Gasteiger partial charge in [-0.1, -0.05) is 13.0 Å². The number of imidazole rings is 1. The molecule has 1 aliphatic rings. The molecular formula is C18H19F3N4O2S. The molecule has 0 unspecified atom stereocenters. The number of anilines is 1. The number of amides is 2. The Kier molecular flexibility index (Phi) is 5.97. The van der Waals surface area contributed by atoms with Crippen molar-refractivity contribution in [1.82, 2.24) is 14.5 Å². The first-order chi connectivity index (χ1) is 13.3. The maximum absolute atomic E-state index is 14.9. The van der Waals surface area contributed by atoms with Crippen LogP contribution in [0.5, 0.6) is 0 Å². The Bertz CT molecular complexity index is 874. The number of aryl methyl sites for hydroxylation is 1. The molecule has 3 rings (SSSR count). The maximum Gasteiger partial charge on any atom is 0.381 e. The summed E-state index contributed by atoms with van der Waals surface area (Å²) in [6.07, 6.45) is 3.22. The lowest BCUT2D eigenvalue weighted by atomic mass is 10.2. The van der Waals surface area contributed by atoms with Crippen molar-refractivity contribution in [2.24, 2.45) is 0 Å². The average molecular weight is 412 g/mol. The molecule has 2 aromatic rings. The van der Waals surface area contributed by atoms with Crippen LogP contribution < -0.4 is 5.32 Å². The maximum atomic E-state index is 14.9. The lowest BCUT2D eigenvalue weighted by Crippen LogP contribution is -2.50. The van der Waals surface area contributed by atoms with Crippen LogP contribution in [0.2, 0.25) is 0 Å². The van der Waals surface area contributed by atoms with Gasteiger partial charge in [-0.05, 0) is 24.6 Å². The molecule has 0 radical (unpaired) electrons. The molecular weight excluding hydrogens is 393 g/mol. The number of hydrogen-bond donors (Lipinski definition) is 1. The molecule has 0 aliphatic carbocycles. The molecule has 1 fully saturated rings. The highest BCUT2D eigenvalue weighted by molar-refractivity contribution is 7.99. The summed E-state index contributed by atoms with van der Waals surface area (Å²) in [5.74, 6) is -7.02. The summed E-state index contributed by atoms with van der Waals surface area (Å²) in [5, 5.41) is 2.48. The number of nitrogens with one attached hydrogen (secondary N) is 1. The van der Waals surface area contributed by atoms with E-state index in [1.165, 1.54) is 46.9 Å². The van der Waals surface area contributed by atoms with Crippen LogP contribution >= 0.6 is 11.8 Å². The minimum atomic E-state index is -3.86. The van der Waals surface area contributed by atoms with Crippen molar-refractivity contribution in [2.45, 2.75) is 31.9 Å². The first-order valence-corrected chi connectivity index (χ1v) is 9.84. The highest BCUT2D eigenvalue weighted by atomic mass is 32.2. The van der Waals surface area contributed by atoms with Crippen LogP contribution in [0.1, 0.15) is 19.2 Å². The summed E-state index contributed by atoms with van der Waals surface area (Å²) < 4.78 is 44.3. The molecule has 28 heavy (non-hydrogen) atoms. The van der Waals surface area contributed by atoms with Crippen LogP contribution in [0, 0.1) is 5.82 Å². The van der Waals surface area contributed by atoms with Crippen LogP contribution in [0.3, 0.4) is 0 Å². The summed E-state index contributed by atoms with van der Waals surface area (Å²) in [5.41, 5.74) is 0.194. The van der Waals surface area contributed by atoms with Crippen molar-refractivity contribution in [2.75, 3.05) is 16.9 Å². The largest absolute Gasteiger partial charge is 0.381 e. The van der Waals surface area contributed by atoms with Crippen molar-refractivity contribution in [3.05, 3.63) is 48.3 Å². The number of halogens is 3. The Balaban J connectivity index is 1.78. The highest BCUT2D eigenvalue weighted by Gasteiger charge is 2.51. The molecule has 1 atom stereocenters. The number of carbonyl (C=O) groups is 2. The third-order valence-corrected chi connectivity index (χ3v) is 5.28. The molecule has 1 aromatic carbocycles. The van der Waals surface area contributed by atoms with Gasteiger partial charge >= 0.3 is 11.8 Å². The fourth-order valence-corrected chi connectivity index (χ4v) is 4.09. The van der Waals surface area contributed by atoms with Crippen LogP contribution in [-0.4, -0.2) is 43.9 Å². The van der Waals surface area contributed by atoms with E-state index < -0.39 is 35.4 Å². The van der Waals surface area contributed by atoms with Gasteiger partial charge in [0.2, 0.25) is 5.91 Å². The number of hydrogen-bond acceptors (Lipinski definition) is 4. The summed E-state index contributed by atoms with van der Waals surface area (Å²) in [7, 11) is 0. The first-order valence-electron chi connectivity index (χ1n) is 8.69. The van der Waals surface area contributed by atoms with Crippen LogP contribution in [0.25, 0.3) is 0 Å². The molecule has 2 heterocycles. The van der Waals surface area contributed by atoms with Gasteiger partial charge in [-0.15, -0.1) is 11.8 Å². The van der Waals surface area contributed by atoms with Gasteiger partial charge < -0.3 is 14.8 Å². The molecule has 150 valence electrons. The molecule has 1 N–H and O–H groups in total. The van der Waals surface area contributed by atoms with Gasteiger partial charge in [-0.3, -0.25) is 9.59 Å². The Labute approximate surface area is 164 Å². The lowest BCUT2D eigenvalue weighted by Gasteiger charge is -2.27. The minimum absolute atomic E-state index is 0.0376. The quantitative estimate of drug-likeness (QED) is 0.792. The van der Waals surface area contributed by atoms with E-state index in [1.807, 2.05) is 6.92 Å². The second-order valence-electron chi connectivity index (χ2n) is 6.31. The van der Waals surface area contributed by atoms with Crippen molar-refractivity contribution in [3.8, 4) is 0 Å². The van der Waals surface area contributed by atoms with Gasteiger partial charge in [0.1, 0.15) is 11.9 Å². The van der Waals surface area contributed by atoms with Gasteiger partial charge in [-0.2, -0.15) is 8.78 Å². The lowest BCUT2D eigenvalue weighted by molar-refractivity contribution is -0.162. The molecule has 10 heteroatoms. The Morgan fingerprint density at radius 1 is 1.39 bits per heavy atom. The van der Waals surface area contributed by atoms with E-state index in [4.69, 9.17) is 0 Å². The zero-order valence-corrected chi connectivity index (χ0v) is 15.9. The van der Waals surface area contributed by atoms with Crippen molar-refractivity contribution < 1.29 is 22.8 Å². The van der Waals surface area contributed by atoms with E-state index in [1.54, 1.807) is 0 Å². The number of alkyl halides is 2. The Hall–Kier alpha value is -2.49. The average Bonchev–Trinajstić information content (AvgIpc) is 3.31. The van der Waals surface area contributed by atoms with E-state index >= 15 is 0 Å². The summed E-state index contributed by atoms with van der Waals surface area (Å²) >= 11 is 1.20. The van der Waals surface area contributed by atoms with E-state index in [9.17, 15) is 22.8 Å². The van der Waals surface area contributed by atoms with E-state index in [0.717, 1.165) is 11.0 Å². The zero-order valence-electron chi connectivity index (χ0n) is 15.1. The Morgan fingerprint density at radius 2 is 2.18 bits per heavy atom. The number of benzene rings is 1. The summed E-state index contributed by atoms with van der Waals surface area (Å²) in [6, 6.07) is 4.14. The van der Waals surface area contributed by atoms with Gasteiger partial charge in [-0.25, -0.2) is 9.37 Å². The normalized spacial score (nSPS) is 17.0. The highest BCUT2D eigenvalue weighted by Crippen LogP contribution is 2.33. The third kappa shape index (κ3) is 4.01. The number of thioether (sulfide) groups is 1. The number of rotatable bonds is 6. The smallest absolute Gasteiger partial charge is 0.329 e. The third-order valence-electron chi connectivity index (χ3n) is 4.27. The number of aromatic nitrogens is 2. The topological polar surface area (TPSA) is 67.2 Å². The van der Waals surface area contributed by atoms with E-state index in [0.29, 0.717) is 13.0 Å². The minimum Gasteiger partial charge on any atom is -0.329 e. The zero-order chi connectivity index (χ0) is 20.3. The second kappa shape index (κ2) is 8.26. The first kappa shape index (κ1) is 20.2. The monoisotopic (exact) mass is 412 g/mol. The van der Waals surface area contributed by atoms with Gasteiger partial charge in [0.05, 0.1) is 5.88 Å². The van der Waals surface area contributed by atoms with Crippen molar-refractivity contribution >= 4 is 29.3 Å². The van der Waals surface area contributed by atoms with Crippen LogP contribution in [0.15, 0.2) is 36.7 Å². The SMILES string of the molecule is CCCn1ccnc1C(F)(F)C(=O)N1CSC[C@@H]1C(=O)Nc1cccc(F)c1. The fraction of sp³-hybridized carbons (Fsp3) is 0.389. The summed E-state index contributed by atoms with van der Waals surface area (Å²) in [4.78, 5) is 29.6. The molecule has 1 aromatic heterocycles. The molecule has 0 bridgehead atoms. The predicted octanol–water partition coefficient (Wildman–Crippen LogP) is 3.06. The molecule has 6 nitrogen and oxygen atoms in total. The van der Waals surface area contributed by atoms with Gasteiger partial charge in [0.25, 0.3) is 0 Å². The van der Waals surface area contributed by atoms with Crippen molar-refractivity contribution in [1.29, 1.82) is 0 Å². The number of nitrogens with zero attached hydrogens (tertiary/aromatic N) is 3. The van der Waals surface area contributed by atoms with Crippen LogP contribution in [-0.2, 0) is 22.1 Å². The van der Waals surface area contributed by atoms with Crippen molar-refractivity contribution in [3.63, 3.8) is 0 Å². The second-order valence-corrected chi connectivity index (χ2v) is 7.31. The fourth-order valence-electron chi connectivity index (χ4n) is 2.94. The molecule has 1 saturated heterocycles. The predicted molar refractivity (Wildman–Crippen MR) is 99.4 cm³/mol. The van der Waals surface area contributed by atoms with E-state index in [-0.39, 0.29) is 17.3 Å². The summed E-state index contributed by atoms with van der Waals surface area (Å²) in [6.45, 7) is 2.13. The van der Waals surface area contributed by atoms with Gasteiger partial charge in [0, 0.05) is 30.4 Å².